The fourth-order valence-electron chi connectivity index (χ4n) is 2.17. The van der Waals surface area contributed by atoms with Crippen molar-refractivity contribution >= 4 is 27.6 Å². The van der Waals surface area contributed by atoms with E-state index >= 15 is 0 Å². The van der Waals surface area contributed by atoms with Gasteiger partial charge in [0, 0.05) is 19.8 Å². The van der Waals surface area contributed by atoms with Gasteiger partial charge in [-0.1, -0.05) is 6.07 Å². The molecule has 1 atom stereocenters. The van der Waals surface area contributed by atoms with Crippen LogP contribution in [0.4, 0.5) is 5.69 Å². The van der Waals surface area contributed by atoms with Gasteiger partial charge in [-0.15, -0.1) is 0 Å². The lowest BCUT2D eigenvalue weighted by Gasteiger charge is -2.14. The van der Waals surface area contributed by atoms with Crippen LogP contribution in [0.15, 0.2) is 53.4 Å². The molecule has 2 aromatic rings. The number of nitriles is 1. The zero-order chi connectivity index (χ0) is 20.9. The van der Waals surface area contributed by atoms with Gasteiger partial charge in [-0.25, -0.2) is 17.5 Å². The molecule has 9 heteroatoms. The summed E-state index contributed by atoms with van der Waals surface area (Å²) in [5, 5.41) is 11.4. The van der Waals surface area contributed by atoms with E-state index in [1.54, 1.807) is 18.2 Å². The van der Waals surface area contributed by atoms with E-state index in [2.05, 4.69) is 5.32 Å². The van der Waals surface area contributed by atoms with Crippen LogP contribution in [-0.2, 0) is 19.6 Å². The van der Waals surface area contributed by atoms with Gasteiger partial charge in [-0.3, -0.25) is 4.79 Å². The van der Waals surface area contributed by atoms with Crippen molar-refractivity contribution in [3.63, 3.8) is 0 Å². The molecule has 2 rings (SSSR count). The van der Waals surface area contributed by atoms with Gasteiger partial charge in [0.25, 0.3) is 5.91 Å². The van der Waals surface area contributed by atoms with Crippen molar-refractivity contribution in [1.29, 1.82) is 5.26 Å². The molecule has 0 bridgehead atoms. The van der Waals surface area contributed by atoms with E-state index < -0.39 is 28.0 Å². The number of amides is 1. The summed E-state index contributed by atoms with van der Waals surface area (Å²) in [5.74, 6) is -1.32. The van der Waals surface area contributed by atoms with Gasteiger partial charge in [-0.05, 0) is 49.4 Å². The maximum Gasteiger partial charge on any atom is 0.338 e. The van der Waals surface area contributed by atoms with Gasteiger partial charge in [0.05, 0.1) is 22.1 Å². The van der Waals surface area contributed by atoms with Crippen LogP contribution in [0.5, 0.6) is 0 Å². The molecular formula is C19H19N3O5S. The average Bonchev–Trinajstić information content (AvgIpc) is 2.67. The monoisotopic (exact) mass is 401 g/mol. The Bertz CT molecular complexity index is 1020. The number of rotatable bonds is 6. The predicted molar refractivity (Wildman–Crippen MR) is 102 cm³/mol. The van der Waals surface area contributed by atoms with Crippen molar-refractivity contribution in [1.82, 2.24) is 4.31 Å². The number of esters is 1. The number of nitrogens with one attached hydrogen (secondary N) is 1. The summed E-state index contributed by atoms with van der Waals surface area (Å²) in [4.78, 5) is 24.4. The molecule has 0 aliphatic carbocycles. The lowest BCUT2D eigenvalue weighted by atomic mass is 10.2. The van der Waals surface area contributed by atoms with E-state index in [1.165, 1.54) is 51.4 Å². The molecule has 0 saturated heterocycles. The first-order valence-corrected chi connectivity index (χ1v) is 9.63. The van der Waals surface area contributed by atoms with Crippen LogP contribution in [-0.4, -0.2) is 44.8 Å². The Balaban J connectivity index is 2.03. The number of hydrogen-bond donors (Lipinski definition) is 1. The minimum absolute atomic E-state index is 0.0391. The fourth-order valence-corrected chi connectivity index (χ4v) is 3.07. The third kappa shape index (κ3) is 4.94. The fraction of sp³-hybridized carbons (Fsp3) is 0.211. The van der Waals surface area contributed by atoms with Crippen molar-refractivity contribution < 1.29 is 22.7 Å². The standard InChI is InChI=1S/C19H19N3O5S/c1-13(18(23)21-16-6-4-5-14(11-16)12-20)27-19(24)15-7-9-17(10-8-15)28(25,26)22(2)3/h4-11,13H,1-3H3,(H,21,23)/t13-/m1/s1. The maximum absolute atomic E-state index is 12.2. The number of carbonyl (C=O) groups is 2. The van der Waals surface area contributed by atoms with E-state index in [0.717, 1.165) is 4.31 Å². The van der Waals surface area contributed by atoms with E-state index in [0.29, 0.717) is 11.3 Å². The summed E-state index contributed by atoms with van der Waals surface area (Å²) in [6.45, 7) is 1.41. The highest BCUT2D eigenvalue weighted by molar-refractivity contribution is 7.89. The summed E-state index contributed by atoms with van der Waals surface area (Å²) < 4.78 is 30.3. The molecule has 0 fully saturated rings. The zero-order valence-electron chi connectivity index (χ0n) is 15.5. The van der Waals surface area contributed by atoms with Crippen LogP contribution in [0.25, 0.3) is 0 Å². The Kier molecular flexibility index (Phi) is 6.51. The van der Waals surface area contributed by atoms with Crippen LogP contribution in [0, 0.1) is 11.3 Å². The highest BCUT2D eigenvalue weighted by atomic mass is 32.2. The largest absolute Gasteiger partial charge is 0.449 e. The molecule has 146 valence electrons. The van der Waals surface area contributed by atoms with Gasteiger partial charge >= 0.3 is 5.97 Å². The molecule has 8 nitrogen and oxygen atoms in total. The van der Waals surface area contributed by atoms with Gasteiger partial charge in [0.15, 0.2) is 6.10 Å². The number of carbonyl (C=O) groups excluding carboxylic acids is 2. The average molecular weight is 401 g/mol. The molecule has 0 spiro atoms. The Morgan fingerprint density at radius 3 is 2.36 bits per heavy atom. The van der Waals surface area contributed by atoms with Crippen molar-refractivity contribution in [3.05, 3.63) is 59.7 Å². The molecular weight excluding hydrogens is 382 g/mol. The van der Waals surface area contributed by atoms with E-state index in [-0.39, 0.29) is 10.5 Å². The highest BCUT2D eigenvalue weighted by Crippen LogP contribution is 2.15. The second-order valence-electron chi connectivity index (χ2n) is 6.04. The molecule has 0 aliphatic heterocycles. The van der Waals surface area contributed by atoms with E-state index in [9.17, 15) is 18.0 Å². The van der Waals surface area contributed by atoms with E-state index in [4.69, 9.17) is 10.00 Å². The Morgan fingerprint density at radius 1 is 1.14 bits per heavy atom. The molecule has 0 aliphatic rings. The topological polar surface area (TPSA) is 117 Å². The number of anilines is 1. The Hall–Kier alpha value is -3.22. The molecule has 1 N–H and O–H groups in total. The van der Waals surface area contributed by atoms with Crippen LogP contribution >= 0.6 is 0 Å². The lowest BCUT2D eigenvalue weighted by molar-refractivity contribution is -0.123. The predicted octanol–water partition coefficient (Wildman–Crippen LogP) is 1.99. The first-order valence-electron chi connectivity index (χ1n) is 8.19. The van der Waals surface area contributed by atoms with Crippen molar-refractivity contribution in [2.45, 2.75) is 17.9 Å². The normalized spacial score (nSPS) is 12.1. The number of hydrogen-bond acceptors (Lipinski definition) is 6. The minimum Gasteiger partial charge on any atom is -0.449 e. The van der Waals surface area contributed by atoms with Crippen LogP contribution in [0.2, 0.25) is 0 Å². The van der Waals surface area contributed by atoms with Crippen LogP contribution in [0.1, 0.15) is 22.8 Å². The molecule has 0 aromatic heterocycles. The van der Waals surface area contributed by atoms with Crippen LogP contribution < -0.4 is 5.32 Å². The summed E-state index contributed by atoms with van der Waals surface area (Å²) >= 11 is 0. The van der Waals surface area contributed by atoms with Gasteiger partial charge < -0.3 is 10.1 Å². The second-order valence-corrected chi connectivity index (χ2v) is 8.19. The van der Waals surface area contributed by atoms with Gasteiger partial charge in [-0.2, -0.15) is 5.26 Å². The molecule has 0 heterocycles. The SMILES string of the molecule is C[C@@H](OC(=O)c1ccc(S(=O)(=O)N(C)C)cc1)C(=O)Nc1cccc(C#N)c1. The molecule has 0 saturated carbocycles. The van der Waals surface area contributed by atoms with E-state index in [1.807, 2.05) is 6.07 Å². The Labute approximate surface area is 163 Å². The molecule has 1 amide bonds. The zero-order valence-corrected chi connectivity index (χ0v) is 16.4. The van der Waals surface area contributed by atoms with Crippen LogP contribution in [0.3, 0.4) is 0 Å². The smallest absolute Gasteiger partial charge is 0.338 e. The van der Waals surface area contributed by atoms with Crippen molar-refractivity contribution in [2.75, 3.05) is 19.4 Å². The first-order chi connectivity index (χ1) is 13.1. The molecule has 28 heavy (non-hydrogen) atoms. The van der Waals surface area contributed by atoms with Gasteiger partial charge in [0.1, 0.15) is 0 Å². The quantitative estimate of drug-likeness (QED) is 0.740. The Morgan fingerprint density at radius 2 is 1.79 bits per heavy atom. The molecule has 0 unspecified atom stereocenters. The molecule has 0 radical (unpaired) electrons. The summed E-state index contributed by atoms with van der Waals surface area (Å²) in [5.41, 5.74) is 0.907. The number of benzene rings is 2. The second kappa shape index (κ2) is 8.65. The minimum atomic E-state index is -3.60. The van der Waals surface area contributed by atoms with Crippen molar-refractivity contribution in [2.24, 2.45) is 0 Å². The maximum atomic E-state index is 12.2. The third-order valence-corrected chi connectivity index (χ3v) is 5.61. The van der Waals surface area contributed by atoms with Crippen molar-refractivity contribution in [3.8, 4) is 6.07 Å². The number of ether oxygens (including phenoxy) is 1. The summed E-state index contributed by atoms with van der Waals surface area (Å²) in [6.07, 6.45) is -1.09. The lowest BCUT2D eigenvalue weighted by Crippen LogP contribution is -2.30. The summed E-state index contributed by atoms with van der Waals surface area (Å²) in [6, 6.07) is 13.5. The first kappa shape index (κ1) is 21.1. The summed E-state index contributed by atoms with van der Waals surface area (Å²) in [7, 11) is -0.788. The highest BCUT2D eigenvalue weighted by Gasteiger charge is 2.21. The number of sulfonamides is 1. The third-order valence-electron chi connectivity index (χ3n) is 3.78. The van der Waals surface area contributed by atoms with Gasteiger partial charge in [0.2, 0.25) is 10.0 Å². The molecule has 2 aromatic carbocycles. The number of nitrogens with zero attached hydrogens (tertiary/aromatic N) is 2.